The van der Waals surface area contributed by atoms with E-state index in [1.165, 1.54) is 25.5 Å². The first-order chi connectivity index (χ1) is 12.0. The molecule has 3 rings (SSSR count). The molecule has 0 fully saturated rings. The summed E-state index contributed by atoms with van der Waals surface area (Å²) in [5.41, 5.74) is 2.95. The van der Waals surface area contributed by atoms with Crippen molar-refractivity contribution in [3.63, 3.8) is 0 Å². The van der Waals surface area contributed by atoms with Crippen molar-refractivity contribution < 1.29 is 9.53 Å². The lowest BCUT2D eigenvalue weighted by Gasteiger charge is -2.15. The summed E-state index contributed by atoms with van der Waals surface area (Å²) in [5.74, 6) is -0.459. The third-order valence-corrected chi connectivity index (χ3v) is 4.94. The van der Waals surface area contributed by atoms with Crippen LogP contribution in [0.3, 0.4) is 0 Å². The predicted octanol–water partition coefficient (Wildman–Crippen LogP) is 3.69. The molecule has 0 unspecified atom stereocenters. The van der Waals surface area contributed by atoms with Crippen molar-refractivity contribution in [3.05, 3.63) is 51.2 Å². The van der Waals surface area contributed by atoms with E-state index in [0.29, 0.717) is 34.3 Å². The molecule has 2 heterocycles. The van der Waals surface area contributed by atoms with Crippen LogP contribution >= 0.6 is 0 Å². The molecule has 0 atom stereocenters. The van der Waals surface area contributed by atoms with Gasteiger partial charge in [0.05, 0.1) is 29.4 Å². The Morgan fingerprint density at radius 1 is 1.28 bits per heavy atom. The van der Waals surface area contributed by atoms with Crippen LogP contribution in [0.15, 0.2) is 28.7 Å². The van der Waals surface area contributed by atoms with E-state index in [2.05, 4.69) is 11.1 Å². The minimum atomic E-state index is -0.459. The second kappa shape index (κ2) is 7.21. The van der Waals surface area contributed by atoms with Crippen LogP contribution in [-0.4, -0.2) is 22.6 Å². The Kier molecular flexibility index (Phi) is 5.02. The van der Waals surface area contributed by atoms with Gasteiger partial charge in [-0.1, -0.05) is 11.6 Å². The number of ether oxygens (including phenoxy) is 1. The molecule has 0 saturated heterocycles. The highest BCUT2D eigenvalue weighted by Gasteiger charge is 2.19. The molecule has 0 amide bonds. The number of methoxy groups -OCH3 is 1. The average Bonchev–Trinajstić information content (AvgIpc) is 2.61. The Morgan fingerprint density at radius 3 is 2.76 bits per heavy atom. The summed E-state index contributed by atoms with van der Waals surface area (Å²) in [6, 6.07) is 1.83. The third-order valence-electron chi connectivity index (χ3n) is 4.94. The zero-order chi connectivity index (χ0) is 18.0. The highest BCUT2D eigenvalue weighted by Crippen LogP contribution is 2.23. The third kappa shape index (κ3) is 3.36. The molecule has 1 aliphatic rings. The molecule has 25 heavy (non-hydrogen) atoms. The summed E-state index contributed by atoms with van der Waals surface area (Å²) in [6.45, 7) is 4.23. The lowest BCUT2D eigenvalue weighted by molar-refractivity contribution is 0.0601. The van der Waals surface area contributed by atoms with Gasteiger partial charge in [-0.2, -0.15) is 0 Å². The standard InChI is InChI=1S/C20H24N2O3/c1-13-17-16(18(14(2)21-13)20(24)25-3)10-12-22(19(17)23)11-9-15-7-5-4-6-8-15/h7,10,12H,4-6,8-9,11H2,1-3H3. The molecule has 132 valence electrons. The van der Waals surface area contributed by atoms with E-state index in [1.54, 1.807) is 17.7 Å². The summed E-state index contributed by atoms with van der Waals surface area (Å²) in [5, 5.41) is 1.13. The van der Waals surface area contributed by atoms with Gasteiger partial charge < -0.3 is 9.30 Å². The van der Waals surface area contributed by atoms with Gasteiger partial charge in [-0.05, 0) is 52.0 Å². The van der Waals surface area contributed by atoms with Crippen LogP contribution < -0.4 is 5.56 Å². The maximum Gasteiger partial charge on any atom is 0.340 e. The normalized spacial score (nSPS) is 14.4. The zero-order valence-electron chi connectivity index (χ0n) is 15.1. The average molecular weight is 340 g/mol. The second-order valence-corrected chi connectivity index (χ2v) is 6.61. The number of esters is 1. The molecule has 1 aliphatic carbocycles. The first-order valence-electron chi connectivity index (χ1n) is 8.79. The van der Waals surface area contributed by atoms with Gasteiger partial charge in [-0.3, -0.25) is 9.78 Å². The van der Waals surface area contributed by atoms with Gasteiger partial charge in [0.2, 0.25) is 0 Å². The topological polar surface area (TPSA) is 61.2 Å². The van der Waals surface area contributed by atoms with Crippen molar-refractivity contribution in [1.29, 1.82) is 0 Å². The van der Waals surface area contributed by atoms with E-state index < -0.39 is 5.97 Å². The molecular formula is C20H24N2O3. The number of carbonyl (C=O) groups is 1. The van der Waals surface area contributed by atoms with E-state index in [4.69, 9.17) is 4.74 Å². The molecule has 0 N–H and O–H groups in total. The smallest absolute Gasteiger partial charge is 0.340 e. The Hall–Kier alpha value is -2.43. The van der Waals surface area contributed by atoms with Crippen LogP contribution in [0, 0.1) is 13.8 Å². The second-order valence-electron chi connectivity index (χ2n) is 6.61. The number of nitrogens with zero attached hydrogens (tertiary/aromatic N) is 2. The molecule has 0 spiro atoms. The van der Waals surface area contributed by atoms with Gasteiger partial charge in [0.15, 0.2) is 0 Å². The van der Waals surface area contributed by atoms with Gasteiger partial charge in [0.25, 0.3) is 5.56 Å². The highest BCUT2D eigenvalue weighted by atomic mass is 16.5. The molecule has 0 aromatic carbocycles. The van der Waals surface area contributed by atoms with Crippen LogP contribution in [0.4, 0.5) is 0 Å². The molecule has 5 nitrogen and oxygen atoms in total. The van der Waals surface area contributed by atoms with E-state index in [9.17, 15) is 9.59 Å². The quantitative estimate of drug-likeness (QED) is 0.629. The molecule has 2 aromatic rings. The number of aromatic nitrogens is 2. The van der Waals surface area contributed by atoms with Gasteiger partial charge in [0, 0.05) is 18.1 Å². The van der Waals surface area contributed by atoms with Crippen molar-refractivity contribution >= 4 is 16.7 Å². The lowest BCUT2D eigenvalue weighted by Crippen LogP contribution is -2.22. The van der Waals surface area contributed by atoms with Gasteiger partial charge in [-0.15, -0.1) is 0 Å². The first kappa shape index (κ1) is 17.4. The highest BCUT2D eigenvalue weighted by molar-refractivity contribution is 6.05. The van der Waals surface area contributed by atoms with Crippen LogP contribution in [0.25, 0.3) is 10.8 Å². The summed E-state index contributed by atoms with van der Waals surface area (Å²) in [7, 11) is 1.34. The van der Waals surface area contributed by atoms with E-state index in [0.717, 1.165) is 19.3 Å². The fourth-order valence-corrected chi connectivity index (χ4v) is 3.62. The Morgan fingerprint density at radius 2 is 2.08 bits per heavy atom. The number of rotatable bonds is 4. The van der Waals surface area contributed by atoms with Crippen molar-refractivity contribution in [2.24, 2.45) is 0 Å². The minimum absolute atomic E-state index is 0.0935. The number of carbonyl (C=O) groups excluding carboxylic acids is 1. The van der Waals surface area contributed by atoms with Crippen molar-refractivity contribution in [1.82, 2.24) is 9.55 Å². The van der Waals surface area contributed by atoms with Gasteiger partial charge in [0.1, 0.15) is 0 Å². The molecule has 5 heteroatoms. The molecule has 0 bridgehead atoms. The number of aryl methyl sites for hydroxylation is 3. The molecular weight excluding hydrogens is 316 g/mol. The fraction of sp³-hybridized carbons (Fsp3) is 0.450. The van der Waals surface area contributed by atoms with Gasteiger partial charge >= 0.3 is 5.97 Å². The van der Waals surface area contributed by atoms with Crippen LogP contribution in [0.5, 0.6) is 0 Å². The fourth-order valence-electron chi connectivity index (χ4n) is 3.62. The summed E-state index contributed by atoms with van der Waals surface area (Å²) in [4.78, 5) is 29.5. The molecule has 0 radical (unpaired) electrons. The van der Waals surface area contributed by atoms with Crippen molar-refractivity contribution in [3.8, 4) is 0 Å². The van der Waals surface area contributed by atoms with Crippen LogP contribution in [0.1, 0.15) is 53.8 Å². The maximum atomic E-state index is 12.9. The maximum absolute atomic E-state index is 12.9. The largest absolute Gasteiger partial charge is 0.465 e. The van der Waals surface area contributed by atoms with E-state index in [-0.39, 0.29) is 5.56 Å². The number of fused-ring (bicyclic) bond motifs is 1. The predicted molar refractivity (Wildman–Crippen MR) is 98.0 cm³/mol. The minimum Gasteiger partial charge on any atom is -0.465 e. The Balaban J connectivity index is 2.03. The summed E-state index contributed by atoms with van der Waals surface area (Å²) in [6.07, 6.45) is 9.76. The monoisotopic (exact) mass is 340 g/mol. The van der Waals surface area contributed by atoms with Crippen LogP contribution in [-0.2, 0) is 11.3 Å². The Labute approximate surface area is 147 Å². The lowest BCUT2D eigenvalue weighted by atomic mass is 9.97. The molecule has 0 saturated carbocycles. The Bertz CT molecular complexity index is 909. The number of hydrogen-bond acceptors (Lipinski definition) is 4. The number of pyridine rings is 2. The van der Waals surface area contributed by atoms with E-state index in [1.807, 2.05) is 13.0 Å². The zero-order valence-corrected chi connectivity index (χ0v) is 15.1. The molecule has 2 aromatic heterocycles. The van der Waals surface area contributed by atoms with Gasteiger partial charge in [-0.25, -0.2) is 4.79 Å². The number of hydrogen-bond donors (Lipinski definition) is 0. The summed E-state index contributed by atoms with van der Waals surface area (Å²) < 4.78 is 6.59. The summed E-state index contributed by atoms with van der Waals surface area (Å²) >= 11 is 0. The van der Waals surface area contributed by atoms with Crippen molar-refractivity contribution in [2.75, 3.05) is 7.11 Å². The first-order valence-corrected chi connectivity index (χ1v) is 8.79. The van der Waals surface area contributed by atoms with Crippen molar-refractivity contribution in [2.45, 2.75) is 52.5 Å². The van der Waals surface area contributed by atoms with E-state index >= 15 is 0 Å². The SMILES string of the molecule is COC(=O)c1c(C)nc(C)c2c(=O)n(CCC3=CCCCC3)ccc12. The molecule has 0 aliphatic heterocycles. The number of allylic oxidation sites excluding steroid dienone is 2. The van der Waals surface area contributed by atoms with Crippen LogP contribution in [0.2, 0.25) is 0 Å².